The third-order valence-electron chi connectivity index (χ3n) is 5.52. The lowest BCUT2D eigenvalue weighted by Gasteiger charge is -2.26. The topological polar surface area (TPSA) is 97.0 Å². The Bertz CT molecular complexity index is 1220. The summed E-state index contributed by atoms with van der Waals surface area (Å²) in [5.74, 6) is 0.516. The minimum absolute atomic E-state index is 0.235. The van der Waals surface area contributed by atoms with Crippen molar-refractivity contribution in [2.24, 2.45) is 0 Å². The first-order valence-electron chi connectivity index (χ1n) is 10.9. The fourth-order valence-electron chi connectivity index (χ4n) is 3.61. The number of amides is 1. The maximum atomic E-state index is 12.9. The Hall–Kier alpha value is -3.40. The number of para-hydroxylation sites is 1. The molecule has 1 heterocycles. The molecule has 34 heavy (non-hydrogen) atoms. The molecule has 1 saturated heterocycles. The maximum Gasteiger partial charge on any atom is 0.253 e. The number of rotatable bonds is 8. The second kappa shape index (κ2) is 10.7. The smallest absolute Gasteiger partial charge is 0.253 e. The van der Waals surface area contributed by atoms with E-state index >= 15 is 0 Å². The number of morpholine rings is 1. The fourth-order valence-corrected chi connectivity index (χ4v) is 5.02. The van der Waals surface area contributed by atoms with Crippen LogP contribution in [0.5, 0.6) is 5.75 Å². The Morgan fingerprint density at radius 1 is 0.971 bits per heavy atom. The van der Waals surface area contributed by atoms with Crippen LogP contribution >= 0.6 is 0 Å². The van der Waals surface area contributed by atoms with E-state index < -0.39 is 10.0 Å². The number of anilines is 2. The van der Waals surface area contributed by atoms with Gasteiger partial charge in [0.25, 0.3) is 5.91 Å². The molecular formula is C25H27N3O5S. The van der Waals surface area contributed by atoms with Gasteiger partial charge < -0.3 is 20.1 Å². The van der Waals surface area contributed by atoms with Crippen molar-refractivity contribution in [3.63, 3.8) is 0 Å². The third kappa shape index (κ3) is 5.56. The Labute approximate surface area is 199 Å². The van der Waals surface area contributed by atoms with E-state index in [0.29, 0.717) is 37.6 Å². The molecule has 3 aromatic rings. The van der Waals surface area contributed by atoms with Crippen molar-refractivity contribution in [1.29, 1.82) is 0 Å². The lowest BCUT2D eigenvalue weighted by molar-refractivity contribution is 0.0730. The van der Waals surface area contributed by atoms with Gasteiger partial charge in [-0.15, -0.1) is 0 Å². The SMILES string of the molecule is COc1ccc(Nc2ccccc2C(=O)NCc2ccc(S(=O)(=O)N3CCOCC3)cc2)cc1. The van der Waals surface area contributed by atoms with Crippen LogP contribution in [-0.4, -0.2) is 52.0 Å². The highest BCUT2D eigenvalue weighted by molar-refractivity contribution is 7.89. The van der Waals surface area contributed by atoms with Crippen molar-refractivity contribution in [3.8, 4) is 5.75 Å². The number of hydrogen-bond acceptors (Lipinski definition) is 6. The molecule has 8 nitrogen and oxygen atoms in total. The first kappa shape index (κ1) is 23.7. The molecule has 3 aromatic carbocycles. The highest BCUT2D eigenvalue weighted by Gasteiger charge is 2.26. The Morgan fingerprint density at radius 3 is 2.32 bits per heavy atom. The van der Waals surface area contributed by atoms with Crippen molar-refractivity contribution in [3.05, 3.63) is 83.9 Å². The summed E-state index contributed by atoms with van der Waals surface area (Å²) in [6.45, 7) is 1.78. The Kier molecular flexibility index (Phi) is 7.46. The van der Waals surface area contributed by atoms with E-state index in [1.165, 1.54) is 4.31 Å². The molecular weight excluding hydrogens is 454 g/mol. The van der Waals surface area contributed by atoms with E-state index in [4.69, 9.17) is 9.47 Å². The van der Waals surface area contributed by atoms with Crippen LogP contribution in [0.3, 0.4) is 0 Å². The normalized spacial score (nSPS) is 14.4. The molecule has 0 saturated carbocycles. The van der Waals surface area contributed by atoms with Gasteiger partial charge in [0.05, 0.1) is 36.5 Å². The number of carbonyl (C=O) groups is 1. The first-order valence-corrected chi connectivity index (χ1v) is 12.4. The zero-order valence-corrected chi connectivity index (χ0v) is 19.7. The van der Waals surface area contributed by atoms with Gasteiger partial charge in [-0.1, -0.05) is 24.3 Å². The van der Waals surface area contributed by atoms with Gasteiger partial charge in [0.2, 0.25) is 10.0 Å². The number of hydrogen-bond donors (Lipinski definition) is 2. The summed E-state index contributed by atoms with van der Waals surface area (Å²) < 4.78 is 37.4. The van der Waals surface area contributed by atoms with E-state index in [9.17, 15) is 13.2 Å². The molecule has 0 bridgehead atoms. The Balaban J connectivity index is 1.40. The van der Waals surface area contributed by atoms with E-state index in [0.717, 1.165) is 17.0 Å². The molecule has 9 heteroatoms. The summed E-state index contributed by atoms with van der Waals surface area (Å²) in [5, 5.41) is 6.17. The van der Waals surface area contributed by atoms with Crippen molar-refractivity contribution >= 4 is 27.3 Å². The zero-order valence-electron chi connectivity index (χ0n) is 18.9. The molecule has 0 aliphatic carbocycles. The Morgan fingerprint density at radius 2 is 1.65 bits per heavy atom. The molecule has 1 amide bonds. The zero-order chi connectivity index (χ0) is 24.0. The number of ether oxygens (including phenoxy) is 2. The minimum atomic E-state index is -3.54. The van der Waals surface area contributed by atoms with E-state index in [1.807, 2.05) is 36.4 Å². The number of nitrogens with zero attached hydrogens (tertiary/aromatic N) is 1. The predicted octanol–water partition coefficient (Wildman–Crippen LogP) is 3.39. The molecule has 0 aromatic heterocycles. The third-order valence-corrected chi connectivity index (χ3v) is 7.44. The van der Waals surface area contributed by atoms with Crippen molar-refractivity contribution in [2.45, 2.75) is 11.4 Å². The number of benzene rings is 3. The van der Waals surface area contributed by atoms with Gasteiger partial charge in [-0.05, 0) is 54.1 Å². The largest absolute Gasteiger partial charge is 0.497 e. The average Bonchev–Trinajstić information content (AvgIpc) is 2.89. The molecule has 2 N–H and O–H groups in total. The number of nitrogens with one attached hydrogen (secondary N) is 2. The van der Waals surface area contributed by atoms with Crippen LogP contribution in [-0.2, 0) is 21.3 Å². The van der Waals surface area contributed by atoms with Crippen LogP contribution in [0.25, 0.3) is 0 Å². The predicted molar refractivity (Wildman–Crippen MR) is 130 cm³/mol. The van der Waals surface area contributed by atoms with Crippen molar-refractivity contribution < 1.29 is 22.7 Å². The number of methoxy groups -OCH3 is 1. The van der Waals surface area contributed by atoms with E-state index in [2.05, 4.69) is 10.6 Å². The molecule has 4 rings (SSSR count). The molecule has 0 atom stereocenters. The quantitative estimate of drug-likeness (QED) is 0.512. The number of carbonyl (C=O) groups excluding carboxylic acids is 1. The number of sulfonamides is 1. The fraction of sp³-hybridized carbons (Fsp3) is 0.240. The van der Waals surface area contributed by atoms with Crippen LogP contribution < -0.4 is 15.4 Å². The molecule has 0 spiro atoms. The molecule has 1 aliphatic rings. The van der Waals surface area contributed by atoms with Gasteiger partial charge in [-0.25, -0.2) is 8.42 Å². The van der Waals surface area contributed by atoms with Gasteiger partial charge in [0.15, 0.2) is 0 Å². The maximum absolute atomic E-state index is 12.9. The highest BCUT2D eigenvalue weighted by Crippen LogP contribution is 2.23. The summed E-state index contributed by atoms with van der Waals surface area (Å²) in [4.78, 5) is 13.1. The second-order valence-electron chi connectivity index (χ2n) is 7.74. The van der Waals surface area contributed by atoms with Gasteiger partial charge >= 0.3 is 0 Å². The minimum Gasteiger partial charge on any atom is -0.497 e. The van der Waals surface area contributed by atoms with Crippen LogP contribution in [0.2, 0.25) is 0 Å². The van der Waals surface area contributed by atoms with Crippen molar-refractivity contribution in [2.75, 3.05) is 38.7 Å². The van der Waals surface area contributed by atoms with Crippen LogP contribution in [0, 0.1) is 0 Å². The van der Waals surface area contributed by atoms with Gasteiger partial charge in [-0.2, -0.15) is 4.31 Å². The monoisotopic (exact) mass is 481 g/mol. The molecule has 1 aliphatic heterocycles. The molecule has 1 fully saturated rings. The van der Waals surface area contributed by atoms with E-state index in [-0.39, 0.29) is 17.3 Å². The van der Waals surface area contributed by atoms with Crippen LogP contribution in [0.4, 0.5) is 11.4 Å². The van der Waals surface area contributed by atoms with E-state index in [1.54, 1.807) is 43.5 Å². The highest BCUT2D eigenvalue weighted by atomic mass is 32.2. The molecule has 0 radical (unpaired) electrons. The van der Waals surface area contributed by atoms with Gasteiger partial charge in [0.1, 0.15) is 5.75 Å². The molecule has 0 unspecified atom stereocenters. The summed E-state index contributed by atoms with van der Waals surface area (Å²) in [5.41, 5.74) is 2.81. The lowest BCUT2D eigenvalue weighted by atomic mass is 10.1. The van der Waals surface area contributed by atoms with Gasteiger partial charge in [-0.3, -0.25) is 4.79 Å². The second-order valence-corrected chi connectivity index (χ2v) is 9.68. The van der Waals surface area contributed by atoms with Crippen LogP contribution in [0.1, 0.15) is 15.9 Å². The molecule has 178 valence electrons. The first-order chi connectivity index (χ1) is 16.5. The van der Waals surface area contributed by atoms with Crippen LogP contribution in [0.15, 0.2) is 77.7 Å². The van der Waals surface area contributed by atoms with Crippen molar-refractivity contribution in [1.82, 2.24) is 9.62 Å². The standard InChI is InChI=1S/C25H27N3O5S/c1-32-21-10-8-20(9-11-21)27-24-5-3-2-4-23(24)25(29)26-18-19-6-12-22(13-7-19)34(30,31)28-14-16-33-17-15-28/h2-13,27H,14-18H2,1H3,(H,26,29). The summed E-state index contributed by atoms with van der Waals surface area (Å²) in [6.07, 6.45) is 0. The summed E-state index contributed by atoms with van der Waals surface area (Å²) >= 11 is 0. The van der Waals surface area contributed by atoms with Gasteiger partial charge in [0, 0.05) is 25.3 Å². The average molecular weight is 482 g/mol. The summed E-state index contributed by atoms with van der Waals surface area (Å²) in [7, 11) is -1.93. The summed E-state index contributed by atoms with van der Waals surface area (Å²) in [6, 6.07) is 21.3. The lowest BCUT2D eigenvalue weighted by Crippen LogP contribution is -2.40.